The largest absolute Gasteiger partial charge is 0.383 e. The SMILES string of the molecule is CCN(CC)CCNc1c(N)n(C)c(=O)[nH]c1=O. The molecule has 0 amide bonds. The van der Waals surface area contributed by atoms with Crippen molar-refractivity contribution in [2.45, 2.75) is 13.8 Å². The van der Waals surface area contributed by atoms with E-state index in [-0.39, 0.29) is 11.5 Å². The molecule has 1 heterocycles. The molecule has 0 bridgehead atoms. The van der Waals surface area contributed by atoms with Crippen LogP contribution in [0.1, 0.15) is 13.8 Å². The Labute approximate surface area is 106 Å². The number of nitrogens with two attached hydrogens (primary N) is 1. The minimum absolute atomic E-state index is 0.156. The summed E-state index contributed by atoms with van der Waals surface area (Å²) in [5.74, 6) is 0.156. The van der Waals surface area contributed by atoms with E-state index in [0.29, 0.717) is 6.54 Å². The van der Waals surface area contributed by atoms with Gasteiger partial charge in [-0.15, -0.1) is 0 Å². The number of rotatable bonds is 6. The molecule has 1 rings (SSSR count). The number of likely N-dealkylation sites (N-methyl/N-ethyl adjacent to an activating group) is 1. The zero-order valence-electron chi connectivity index (χ0n) is 11.1. The van der Waals surface area contributed by atoms with Gasteiger partial charge < -0.3 is 16.0 Å². The maximum Gasteiger partial charge on any atom is 0.329 e. The molecule has 0 aromatic carbocycles. The fourth-order valence-electron chi connectivity index (χ4n) is 1.69. The van der Waals surface area contributed by atoms with E-state index >= 15 is 0 Å². The molecular formula is C11H21N5O2. The lowest BCUT2D eigenvalue weighted by molar-refractivity contribution is 0.316. The highest BCUT2D eigenvalue weighted by Gasteiger charge is 2.09. The molecule has 102 valence electrons. The molecule has 0 fully saturated rings. The fourth-order valence-corrected chi connectivity index (χ4v) is 1.69. The van der Waals surface area contributed by atoms with E-state index in [1.165, 1.54) is 11.6 Å². The molecule has 1 aromatic rings. The quantitative estimate of drug-likeness (QED) is 0.631. The summed E-state index contributed by atoms with van der Waals surface area (Å²) < 4.78 is 1.21. The van der Waals surface area contributed by atoms with Crippen LogP contribution >= 0.6 is 0 Å². The lowest BCUT2D eigenvalue weighted by Crippen LogP contribution is -2.34. The number of nitrogens with one attached hydrogen (secondary N) is 2. The van der Waals surface area contributed by atoms with Crippen LogP contribution in [0.4, 0.5) is 11.5 Å². The predicted octanol–water partition coefficient (Wildman–Crippen LogP) is -0.590. The molecule has 0 radical (unpaired) electrons. The van der Waals surface area contributed by atoms with Crippen molar-refractivity contribution in [2.24, 2.45) is 7.05 Å². The summed E-state index contributed by atoms with van der Waals surface area (Å²) in [6.45, 7) is 7.49. The Morgan fingerprint density at radius 2 is 1.94 bits per heavy atom. The number of nitrogens with zero attached hydrogens (tertiary/aromatic N) is 2. The van der Waals surface area contributed by atoms with E-state index in [2.05, 4.69) is 29.0 Å². The molecule has 0 atom stereocenters. The highest BCUT2D eigenvalue weighted by Crippen LogP contribution is 2.07. The number of nitrogen functional groups attached to an aromatic ring is 1. The Bertz CT molecular complexity index is 501. The smallest absolute Gasteiger partial charge is 0.329 e. The van der Waals surface area contributed by atoms with Crippen LogP contribution in [0.3, 0.4) is 0 Å². The van der Waals surface area contributed by atoms with Crippen LogP contribution in [0.2, 0.25) is 0 Å². The molecule has 0 aliphatic heterocycles. The second kappa shape index (κ2) is 6.25. The second-order valence-electron chi connectivity index (χ2n) is 4.03. The highest BCUT2D eigenvalue weighted by atomic mass is 16.2. The summed E-state index contributed by atoms with van der Waals surface area (Å²) in [4.78, 5) is 27.3. The number of hydrogen-bond acceptors (Lipinski definition) is 5. The Morgan fingerprint density at radius 3 is 2.50 bits per heavy atom. The van der Waals surface area contributed by atoms with Crippen LogP contribution in [-0.4, -0.2) is 40.6 Å². The molecule has 0 spiro atoms. The first kappa shape index (κ1) is 14.3. The van der Waals surface area contributed by atoms with E-state index in [1.807, 2.05) is 0 Å². The van der Waals surface area contributed by atoms with Crippen LogP contribution in [0, 0.1) is 0 Å². The van der Waals surface area contributed by atoms with Crippen molar-refractivity contribution in [3.63, 3.8) is 0 Å². The van der Waals surface area contributed by atoms with Crippen LogP contribution in [-0.2, 0) is 7.05 Å². The van der Waals surface area contributed by atoms with Crippen LogP contribution < -0.4 is 22.3 Å². The second-order valence-corrected chi connectivity index (χ2v) is 4.03. The molecular weight excluding hydrogens is 234 g/mol. The number of hydrogen-bond donors (Lipinski definition) is 3. The Kier molecular flexibility index (Phi) is 4.96. The standard InChI is InChI=1S/C11H21N5O2/c1-4-16(5-2)7-6-13-8-9(12)15(3)11(18)14-10(8)17/h13H,4-7,12H2,1-3H3,(H,14,17,18). The highest BCUT2D eigenvalue weighted by molar-refractivity contribution is 5.60. The molecule has 18 heavy (non-hydrogen) atoms. The molecule has 7 nitrogen and oxygen atoms in total. The topological polar surface area (TPSA) is 96.2 Å². The van der Waals surface area contributed by atoms with Gasteiger partial charge in [-0.05, 0) is 13.1 Å². The lowest BCUT2D eigenvalue weighted by Gasteiger charge is -2.18. The third-order valence-corrected chi connectivity index (χ3v) is 2.99. The molecule has 0 saturated carbocycles. The van der Waals surface area contributed by atoms with E-state index in [1.54, 1.807) is 0 Å². The van der Waals surface area contributed by atoms with Crippen molar-refractivity contribution < 1.29 is 0 Å². The van der Waals surface area contributed by atoms with Gasteiger partial charge in [0, 0.05) is 20.1 Å². The zero-order chi connectivity index (χ0) is 13.7. The summed E-state index contributed by atoms with van der Waals surface area (Å²) in [7, 11) is 1.52. The fraction of sp³-hybridized carbons (Fsp3) is 0.636. The van der Waals surface area contributed by atoms with Crippen molar-refractivity contribution in [3.05, 3.63) is 20.8 Å². The predicted molar refractivity (Wildman–Crippen MR) is 73.0 cm³/mol. The van der Waals surface area contributed by atoms with E-state index in [0.717, 1.165) is 19.6 Å². The number of aromatic nitrogens is 2. The first-order valence-electron chi connectivity index (χ1n) is 6.06. The van der Waals surface area contributed by atoms with E-state index < -0.39 is 11.2 Å². The normalized spacial score (nSPS) is 10.9. The van der Waals surface area contributed by atoms with Crippen molar-refractivity contribution in [2.75, 3.05) is 37.2 Å². The minimum atomic E-state index is -0.508. The third kappa shape index (κ3) is 3.13. The van der Waals surface area contributed by atoms with Crippen molar-refractivity contribution >= 4 is 11.5 Å². The van der Waals surface area contributed by atoms with Gasteiger partial charge in [0.1, 0.15) is 11.5 Å². The summed E-state index contributed by atoms with van der Waals surface area (Å²) in [5.41, 5.74) is 5.00. The maximum absolute atomic E-state index is 11.6. The van der Waals surface area contributed by atoms with Gasteiger partial charge in [0.15, 0.2) is 0 Å². The molecule has 0 aliphatic rings. The van der Waals surface area contributed by atoms with E-state index in [9.17, 15) is 9.59 Å². The summed E-state index contributed by atoms with van der Waals surface area (Å²) in [5, 5.41) is 2.98. The van der Waals surface area contributed by atoms with Crippen LogP contribution in [0.25, 0.3) is 0 Å². The van der Waals surface area contributed by atoms with Gasteiger partial charge in [0.25, 0.3) is 5.56 Å². The van der Waals surface area contributed by atoms with Crippen molar-refractivity contribution in [1.82, 2.24) is 14.5 Å². The third-order valence-electron chi connectivity index (χ3n) is 2.99. The minimum Gasteiger partial charge on any atom is -0.383 e. The molecule has 7 heteroatoms. The van der Waals surface area contributed by atoms with Crippen LogP contribution in [0.5, 0.6) is 0 Å². The number of aromatic amines is 1. The van der Waals surface area contributed by atoms with Gasteiger partial charge in [-0.2, -0.15) is 0 Å². The van der Waals surface area contributed by atoms with Gasteiger partial charge in [0.05, 0.1) is 0 Å². The summed E-state index contributed by atoms with van der Waals surface area (Å²) in [6.07, 6.45) is 0. The van der Waals surface area contributed by atoms with Gasteiger partial charge >= 0.3 is 5.69 Å². The Hall–Kier alpha value is -1.76. The van der Waals surface area contributed by atoms with Gasteiger partial charge in [-0.3, -0.25) is 14.3 Å². The molecule has 4 N–H and O–H groups in total. The monoisotopic (exact) mass is 255 g/mol. The average Bonchev–Trinajstić information content (AvgIpc) is 2.35. The molecule has 0 unspecified atom stereocenters. The van der Waals surface area contributed by atoms with Crippen LogP contribution in [0.15, 0.2) is 9.59 Å². The first-order valence-corrected chi connectivity index (χ1v) is 6.06. The molecule has 0 saturated heterocycles. The number of H-pyrrole nitrogens is 1. The molecule has 0 aliphatic carbocycles. The van der Waals surface area contributed by atoms with E-state index in [4.69, 9.17) is 5.73 Å². The summed E-state index contributed by atoms with van der Waals surface area (Å²) in [6, 6.07) is 0. The Morgan fingerprint density at radius 1 is 1.33 bits per heavy atom. The van der Waals surface area contributed by atoms with Gasteiger partial charge in [0.2, 0.25) is 0 Å². The maximum atomic E-state index is 11.6. The summed E-state index contributed by atoms with van der Waals surface area (Å²) >= 11 is 0. The number of anilines is 2. The zero-order valence-corrected chi connectivity index (χ0v) is 11.1. The lowest BCUT2D eigenvalue weighted by atomic mass is 10.4. The Balaban J connectivity index is 2.77. The van der Waals surface area contributed by atoms with Gasteiger partial charge in [-0.25, -0.2) is 4.79 Å². The van der Waals surface area contributed by atoms with Crippen molar-refractivity contribution in [1.29, 1.82) is 0 Å². The average molecular weight is 255 g/mol. The van der Waals surface area contributed by atoms with Gasteiger partial charge in [-0.1, -0.05) is 13.8 Å². The molecule has 1 aromatic heterocycles. The first-order chi connectivity index (χ1) is 8.51. The van der Waals surface area contributed by atoms with Crippen molar-refractivity contribution in [3.8, 4) is 0 Å².